The zero-order chi connectivity index (χ0) is 20.6. The Morgan fingerprint density at radius 2 is 1.79 bits per heavy atom. The molecule has 28 heavy (non-hydrogen) atoms. The number of sulfonamides is 1. The van der Waals surface area contributed by atoms with Gasteiger partial charge in [0.25, 0.3) is 0 Å². The summed E-state index contributed by atoms with van der Waals surface area (Å²) in [5.74, 6) is -0.0155. The number of amides is 1. The number of aromatic nitrogens is 4. The van der Waals surface area contributed by atoms with Crippen molar-refractivity contribution in [1.82, 2.24) is 28.8 Å². The summed E-state index contributed by atoms with van der Waals surface area (Å²) < 4.78 is 30.3. The van der Waals surface area contributed by atoms with E-state index in [0.717, 1.165) is 11.4 Å². The molecule has 11 heteroatoms. The molecule has 0 aromatic carbocycles. The molecule has 0 aliphatic carbocycles. The molecular formula is C17H25ClN6O3S. The van der Waals surface area contributed by atoms with Crippen LogP contribution in [0.15, 0.2) is 11.1 Å². The quantitative estimate of drug-likeness (QED) is 0.711. The fourth-order valence-corrected chi connectivity index (χ4v) is 5.04. The molecule has 1 fully saturated rings. The predicted molar refractivity (Wildman–Crippen MR) is 105 cm³/mol. The summed E-state index contributed by atoms with van der Waals surface area (Å²) in [4.78, 5) is 14.5. The van der Waals surface area contributed by atoms with Crippen molar-refractivity contribution in [3.8, 4) is 0 Å². The lowest BCUT2D eigenvalue weighted by Gasteiger charge is -2.34. The molecule has 2 aromatic heterocycles. The van der Waals surface area contributed by atoms with Gasteiger partial charge in [-0.25, -0.2) is 8.42 Å². The van der Waals surface area contributed by atoms with Crippen molar-refractivity contribution in [3.63, 3.8) is 0 Å². The first-order valence-corrected chi connectivity index (χ1v) is 10.9. The van der Waals surface area contributed by atoms with E-state index in [1.165, 1.54) is 15.2 Å². The fourth-order valence-electron chi connectivity index (χ4n) is 3.30. The van der Waals surface area contributed by atoms with Gasteiger partial charge in [0, 0.05) is 39.6 Å². The van der Waals surface area contributed by atoms with Crippen molar-refractivity contribution in [2.24, 2.45) is 7.05 Å². The number of nitrogens with zero attached hydrogens (tertiary/aromatic N) is 6. The van der Waals surface area contributed by atoms with Crippen LogP contribution in [-0.2, 0) is 28.4 Å². The molecule has 2 aromatic rings. The monoisotopic (exact) mass is 428 g/mol. The van der Waals surface area contributed by atoms with Crippen LogP contribution in [0.3, 0.4) is 0 Å². The molecule has 0 bridgehead atoms. The van der Waals surface area contributed by atoms with Crippen molar-refractivity contribution in [2.75, 3.05) is 26.2 Å². The summed E-state index contributed by atoms with van der Waals surface area (Å²) in [6.07, 6.45) is 1.68. The van der Waals surface area contributed by atoms with Gasteiger partial charge in [0.1, 0.15) is 4.90 Å². The van der Waals surface area contributed by atoms with Crippen LogP contribution in [0.4, 0.5) is 0 Å². The largest absolute Gasteiger partial charge is 0.340 e. The second-order valence-electron chi connectivity index (χ2n) is 6.96. The third kappa shape index (κ3) is 3.81. The third-order valence-electron chi connectivity index (χ3n) is 5.23. The van der Waals surface area contributed by atoms with Gasteiger partial charge in [-0.2, -0.15) is 14.5 Å². The molecule has 0 spiro atoms. The number of rotatable bonds is 5. The van der Waals surface area contributed by atoms with E-state index in [2.05, 4.69) is 10.2 Å². The average molecular weight is 429 g/mol. The van der Waals surface area contributed by atoms with Crippen molar-refractivity contribution >= 4 is 27.5 Å². The molecule has 0 atom stereocenters. The minimum absolute atomic E-state index is 0.0155. The minimum atomic E-state index is -3.60. The summed E-state index contributed by atoms with van der Waals surface area (Å²) in [6, 6.07) is 0. The van der Waals surface area contributed by atoms with E-state index in [1.54, 1.807) is 23.6 Å². The Balaban J connectivity index is 1.58. The van der Waals surface area contributed by atoms with Crippen LogP contribution in [-0.4, -0.2) is 69.3 Å². The second kappa shape index (κ2) is 7.84. The highest BCUT2D eigenvalue weighted by Crippen LogP contribution is 2.21. The van der Waals surface area contributed by atoms with Crippen molar-refractivity contribution < 1.29 is 13.2 Å². The van der Waals surface area contributed by atoms with E-state index in [-0.39, 0.29) is 23.9 Å². The first kappa shape index (κ1) is 20.8. The summed E-state index contributed by atoms with van der Waals surface area (Å²) in [6.45, 7) is 7.16. The van der Waals surface area contributed by atoms with Crippen molar-refractivity contribution in [2.45, 2.75) is 38.6 Å². The van der Waals surface area contributed by atoms with Crippen LogP contribution in [0.5, 0.6) is 0 Å². The molecule has 0 N–H and O–H groups in total. The van der Waals surface area contributed by atoms with E-state index < -0.39 is 10.0 Å². The van der Waals surface area contributed by atoms with Crippen LogP contribution in [0.2, 0.25) is 5.02 Å². The molecular weight excluding hydrogens is 404 g/mol. The number of aryl methyl sites for hydroxylation is 3. The van der Waals surface area contributed by atoms with Gasteiger partial charge in [-0.15, -0.1) is 0 Å². The molecule has 0 unspecified atom stereocenters. The molecule has 3 rings (SSSR count). The lowest BCUT2D eigenvalue weighted by atomic mass is 10.3. The Kier molecular flexibility index (Phi) is 5.83. The Bertz CT molecular complexity index is 989. The number of hydrogen-bond donors (Lipinski definition) is 0. The summed E-state index contributed by atoms with van der Waals surface area (Å²) >= 11 is 6.14. The molecule has 1 saturated heterocycles. The summed E-state index contributed by atoms with van der Waals surface area (Å²) in [7, 11) is -1.89. The van der Waals surface area contributed by atoms with Gasteiger partial charge in [-0.3, -0.25) is 14.2 Å². The highest BCUT2D eigenvalue weighted by Gasteiger charge is 2.32. The Labute approximate surface area is 169 Å². The number of carbonyl (C=O) groups excluding carboxylic acids is 1. The van der Waals surface area contributed by atoms with Gasteiger partial charge < -0.3 is 4.90 Å². The molecule has 1 amide bonds. The zero-order valence-electron chi connectivity index (χ0n) is 16.5. The normalized spacial score (nSPS) is 16.0. The third-order valence-corrected chi connectivity index (χ3v) is 7.78. The van der Waals surface area contributed by atoms with Crippen molar-refractivity contribution in [3.05, 3.63) is 28.3 Å². The van der Waals surface area contributed by atoms with Crippen LogP contribution >= 0.6 is 11.6 Å². The molecule has 0 saturated carbocycles. The highest BCUT2D eigenvalue weighted by atomic mass is 35.5. The van der Waals surface area contributed by atoms with Gasteiger partial charge in [0.15, 0.2) is 0 Å². The van der Waals surface area contributed by atoms with E-state index in [4.69, 9.17) is 11.6 Å². The summed E-state index contributed by atoms with van der Waals surface area (Å²) in [5.41, 5.74) is 2.19. The first-order valence-electron chi connectivity index (χ1n) is 9.09. The smallest absolute Gasteiger partial charge is 0.246 e. The van der Waals surface area contributed by atoms with Crippen LogP contribution < -0.4 is 0 Å². The van der Waals surface area contributed by atoms with Crippen molar-refractivity contribution in [1.29, 1.82) is 0 Å². The zero-order valence-corrected chi connectivity index (χ0v) is 18.1. The SMILES string of the molecule is Cc1nn(CCC(=O)N2CCN(S(=O)(=O)c3cnn(C)c3C)CC2)c(C)c1Cl. The van der Waals surface area contributed by atoms with Gasteiger partial charge in [-0.05, 0) is 20.8 Å². The van der Waals surface area contributed by atoms with Crippen LogP contribution in [0.1, 0.15) is 23.5 Å². The summed E-state index contributed by atoms with van der Waals surface area (Å²) in [5, 5.41) is 8.97. The molecule has 1 aliphatic rings. The predicted octanol–water partition coefficient (Wildman–Crippen LogP) is 1.12. The Morgan fingerprint density at radius 3 is 2.29 bits per heavy atom. The van der Waals surface area contributed by atoms with Crippen LogP contribution in [0.25, 0.3) is 0 Å². The minimum Gasteiger partial charge on any atom is -0.340 e. The van der Waals surface area contributed by atoms with E-state index in [1.807, 2.05) is 13.8 Å². The number of piperazine rings is 1. The Morgan fingerprint density at radius 1 is 1.14 bits per heavy atom. The van der Waals surface area contributed by atoms with E-state index >= 15 is 0 Å². The number of carbonyl (C=O) groups is 1. The average Bonchev–Trinajstić information content (AvgIpc) is 3.14. The maximum Gasteiger partial charge on any atom is 0.246 e. The molecule has 3 heterocycles. The molecule has 154 valence electrons. The standard InChI is InChI=1S/C17H25ClN6O3S/c1-12-17(18)14(3)24(20-12)6-5-16(25)22-7-9-23(10-8-22)28(26,27)15-11-19-21(4)13(15)2/h11H,5-10H2,1-4H3. The number of halogens is 1. The molecule has 0 radical (unpaired) electrons. The van der Waals surface area contributed by atoms with Gasteiger partial charge in [0.2, 0.25) is 15.9 Å². The highest BCUT2D eigenvalue weighted by molar-refractivity contribution is 7.89. The molecule has 1 aliphatic heterocycles. The van der Waals surface area contributed by atoms with E-state index in [9.17, 15) is 13.2 Å². The van der Waals surface area contributed by atoms with E-state index in [0.29, 0.717) is 36.8 Å². The number of hydrogen-bond acceptors (Lipinski definition) is 5. The maximum absolute atomic E-state index is 12.8. The Hall–Kier alpha value is -1.91. The first-order chi connectivity index (χ1) is 13.1. The lowest BCUT2D eigenvalue weighted by Crippen LogP contribution is -2.50. The lowest BCUT2D eigenvalue weighted by molar-refractivity contribution is -0.132. The van der Waals surface area contributed by atoms with Gasteiger partial charge in [-0.1, -0.05) is 11.6 Å². The fraction of sp³-hybridized carbons (Fsp3) is 0.588. The topological polar surface area (TPSA) is 93.3 Å². The van der Waals surface area contributed by atoms with Crippen LogP contribution in [0, 0.1) is 20.8 Å². The van der Waals surface area contributed by atoms with Gasteiger partial charge >= 0.3 is 0 Å². The maximum atomic E-state index is 12.8. The second-order valence-corrected chi connectivity index (χ2v) is 9.24. The van der Waals surface area contributed by atoms with Gasteiger partial charge in [0.05, 0.1) is 34.8 Å². The molecule has 9 nitrogen and oxygen atoms in total.